The Labute approximate surface area is 140 Å². The summed E-state index contributed by atoms with van der Waals surface area (Å²) >= 11 is 0. The number of carbonyl (C=O) groups is 2. The number of hydrogen-bond acceptors (Lipinski definition) is 2. The van der Waals surface area contributed by atoms with Crippen molar-refractivity contribution in [2.45, 2.75) is 71.8 Å². The second kappa shape index (κ2) is 4.83. The number of piperidine rings is 1. The van der Waals surface area contributed by atoms with Gasteiger partial charge in [-0.25, -0.2) is 0 Å². The standard InChI is InChI=1S/C20H31NO2/c1-12-11-15-13-5-6-16-19(2,10-8-17(22)21(16)4)14(13)7-9-20(15,3)18(12)23/h12-16H,5-11H2,1-4H3/t12-,13?,14?,15?,16+,19+,20-/m0/s1. The van der Waals surface area contributed by atoms with E-state index in [-0.39, 0.29) is 16.7 Å². The maximum absolute atomic E-state index is 12.7. The minimum absolute atomic E-state index is 0.0554. The first-order valence-electron chi connectivity index (χ1n) is 9.59. The van der Waals surface area contributed by atoms with E-state index in [1.54, 1.807) is 0 Å². The lowest BCUT2D eigenvalue weighted by atomic mass is 9.47. The van der Waals surface area contributed by atoms with Gasteiger partial charge < -0.3 is 4.90 Å². The van der Waals surface area contributed by atoms with Crippen molar-refractivity contribution < 1.29 is 9.59 Å². The molecule has 1 aliphatic heterocycles. The van der Waals surface area contributed by atoms with Gasteiger partial charge in [0.2, 0.25) is 5.91 Å². The predicted octanol–water partition coefficient (Wildman–Crippen LogP) is 3.66. The normalized spacial score (nSPS) is 52.9. The second-order valence-electron chi connectivity index (χ2n) is 9.44. The van der Waals surface area contributed by atoms with Gasteiger partial charge in [-0.2, -0.15) is 0 Å². The van der Waals surface area contributed by atoms with Gasteiger partial charge in [0.25, 0.3) is 0 Å². The molecule has 3 heteroatoms. The summed E-state index contributed by atoms with van der Waals surface area (Å²) in [5.41, 5.74) is 0.210. The number of carbonyl (C=O) groups excluding carboxylic acids is 2. The lowest BCUT2D eigenvalue weighted by Crippen LogP contribution is -2.61. The lowest BCUT2D eigenvalue weighted by Gasteiger charge is -2.61. The first-order chi connectivity index (χ1) is 10.8. The van der Waals surface area contributed by atoms with Crippen LogP contribution in [0.2, 0.25) is 0 Å². The molecule has 23 heavy (non-hydrogen) atoms. The Morgan fingerprint density at radius 2 is 1.78 bits per heavy atom. The third kappa shape index (κ3) is 1.88. The van der Waals surface area contributed by atoms with Crippen LogP contribution in [-0.4, -0.2) is 29.7 Å². The van der Waals surface area contributed by atoms with E-state index in [1.165, 1.54) is 12.8 Å². The molecule has 1 heterocycles. The second-order valence-corrected chi connectivity index (χ2v) is 9.44. The molecular formula is C20H31NO2. The van der Waals surface area contributed by atoms with Crippen LogP contribution in [0.4, 0.5) is 0 Å². The summed E-state index contributed by atoms with van der Waals surface area (Å²) in [6, 6.07) is 0.420. The van der Waals surface area contributed by atoms with Gasteiger partial charge in [0.05, 0.1) is 0 Å². The van der Waals surface area contributed by atoms with E-state index in [0.29, 0.717) is 41.9 Å². The third-order valence-electron chi connectivity index (χ3n) is 8.56. The SMILES string of the molecule is C[C@H]1CC2C3CC[C@H]4N(C)C(=O)CC[C@]4(C)C3CC[C@]2(C)C1=O. The van der Waals surface area contributed by atoms with E-state index in [4.69, 9.17) is 0 Å². The molecule has 0 aromatic heterocycles. The van der Waals surface area contributed by atoms with Crippen LogP contribution < -0.4 is 0 Å². The predicted molar refractivity (Wildman–Crippen MR) is 89.7 cm³/mol. The number of Topliss-reactive ketones (excluding diaryl/α,β-unsaturated/α-hetero) is 1. The number of likely N-dealkylation sites (tertiary alicyclic amines) is 1. The van der Waals surface area contributed by atoms with Crippen LogP contribution >= 0.6 is 0 Å². The van der Waals surface area contributed by atoms with E-state index < -0.39 is 0 Å². The van der Waals surface area contributed by atoms with Gasteiger partial charge in [-0.05, 0) is 61.7 Å². The zero-order chi connectivity index (χ0) is 16.6. The van der Waals surface area contributed by atoms with Crippen LogP contribution in [0, 0.1) is 34.5 Å². The minimum atomic E-state index is -0.0554. The van der Waals surface area contributed by atoms with Crippen molar-refractivity contribution >= 4 is 11.7 Å². The summed E-state index contributed by atoms with van der Waals surface area (Å²) < 4.78 is 0. The molecule has 3 nitrogen and oxygen atoms in total. The number of nitrogens with zero attached hydrogens (tertiary/aromatic N) is 1. The van der Waals surface area contributed by atoms with E-state index in [9.17, 15) is 9.59 Å². The Morgan fingerprint density at radius 1 is 1.04 bits per heavy atom. The average Bonchev–Trinajstić information content (AvgIpc) is 2.75. The Bertz CT molecular complexity index is 558. The minimum Gasteiger partial charge on any atom is -0.342 e. The largest absolute Gasteiger partial charge is 0.342 e. The molecule has 4 rings (SSSR count). The van der Waals surface area contributed by atoms with Crippen molar-refractivity contribution in [2.75, 3.05) is 7.05 Å². The molecule has 0 radical (unpaired) electrons. The maximum atomic E-state index is 12.7. The van der Waals surface area contributed by atoms with Crippen LogP contribution in [0.5, 0.6) is 0 Å². The highest BCUT2D eigenvalue weighted by molar-refractivity contribution is 5.89. The van der Waals surface area contributed by atoms with Gasteiger partial charge in [-0.15, -0.1) is 0 Å². The van der Waals surface area contributed by atoms with Gasteiger partial charge in [0.1, 0.15) is 5.78 Å². The molecule has 1 amide bonds. The fourth-order valence-corrected chi connectivity index (χ4v) is 7.26. The highest BCUT2D eigenvalue weighted by atomic mass is 16.2. The third-order valence-corrected chi connectivity index (χ3v) is 8.56. The number of ketones is 1. The van der Waals surface area contributed by atoms with Crippen LogP contribution in [-0.2, 0) is 9.59 Å². The first kappa shape index (κ1) is 15.7. The number of hydrogen-bond donors (Lipinski definition) is 0. The van der Waals surface area contributed by atoms with Gasteiger partial charge in [-0.1, -0.05) is 20.8 Å². The molecule has 128 valence electrons. The Balaban J connectivity index is 1.67. The first-order valence-corrected chi connectivity index (χ1v) is 9.59. The lowest BCUT2D eigenvalue weighted by molar-refractivity contribution is -0.158. The van der Waals surface area contributed by atoms with E-state index in [2.05, 4.69) is 25.7 Å². The molecule has 3 aliphatic carbocycles. The number of rotatable bonds is 0. The fraction of sp³-hybridized carbons (Fsp3) is 0.900. The molecule has 4 aliphatic rings. The summed E-state index contributed by atoms with van der Waals surface area (Å²) in [5, 5.41) is 0. The molecule has 0 bridgehead atoms. The van der Waals surface area contributed by atoms with Crippen LogP contribution in [0.25, 0.3) is 0 Å². The van der Waals surface area contributed by atoms with Crippen molar-refractivity contribution in [1.82, 2.24) is 4.90 Å². The summed E-state index contributed by atoms with van der Waals surface area (Å²) in [5.74, 6) is 3.10. The number of amides is 1. The van der Waals surface area contributed by atoms with Gasteiger partial charge in [-0.3, -0.25) is 9.59 Å². The molecule has 4 fully saturated rings. The Kier molecular flexibility index (Phi) is 3.29. The highest BCUT2D eigenvalue weighted by Gasteiger charge is 2.62. The van der Waals surface area contributed by atoms with Crippen LogP contribution in [0.3, 0.4) is 0 Å². The maximum Gasteiger partial charge on any atom is 0.222 e. The molecule has 3 saturated carbocycles. The summed E-state index contributed by atoms with van der Waals surface area (Å²) in [7, 11) is 2.01. The van der Waals surface area contributed by atoms with E-state index in [0.717, 1.165) is 25.7 Å². The molecule has 0 spiro atoms. The highest BCUT2D eigenvalue weighted by Crippen LogP contribution is 2.64. The average molecular weight is 317 g/mol. The van der Waals surface area contributed by atoms with Crippen LogP contribution in [0.15, 0.2) is 0 Å². The van der Waals surface area contributed by atoms with E-state index >= 15 is 0 Å². The molecule has 3 unspecified atom stereocenters. The molecule has 1 saturated heterocycles. The van der Waals surface area contributed by atoms with Crippen molar-refractivity contribution in [3.63, 3.8) is 0 Å². The van der Waals surface area contributed by atoms with Crippen molar-refractivity contribution in [2.24, 2.45) is 34.5 Å². The summed E-state index contributed by atoms with van der Waals surface area (Å²) in [6.45, 7) is 6.84. The summed E-state index contributed by atoms with van der Waals surface area (Å²) in [6.07, 6.45) is 7.47. The van der Waals surface area contributed by atoms with Crippen LogP contribution in [0.1, 0.15) is 65.7 Å². The molecule has 0 aromatic carbocycles. The smallest absolute Gasteiger partial charge is 0.222 e. The molecule has 7 atom stereocenters. The number of fused-ring (bicyclic) bond motifs is 5. The van der Waals surface area contributed by atoms with E-state index in [1.807, 2.05) is 7.05 Å². The zero-order valence-corrected chi connectivity index (χ0v) is 15.1. The molecule has 0 aromatic rings. The Morgan fingerprint density at radius 3 is 2.52 bits per heavy atom. The molecular weight excluding hydrogens is 286 g/mol. The molecule has 0 N–H and O–H groups in total. The monoisotopic (exact) mass is 317 g/mol. The Hall–Kier alpha value is -0.860. The summed E-state index contributed by atoms with van der Waals surface area (Å²) in [4.78, 5) is 26.9. The topological polar surface area (TPSA) is 37.4 Å². The van der Waals surface area contributed by atoms with Crippen molar-refractivity contribution in [1.29, 1.82) is 0 Å². The fourth-order valence-electron chi connectivity index (χ4n) is 7.26. The van der Waals surface area contributed by atoms with Crippen molar-refractivity contribution in [3.05, 3.63) is 0 Å². The van der Waals surface area contributed by atoms with Gasteiger partial charge in [0, 0.05) is 30.8 Å². The quantitative estimate of drug-likeness (QED) is 0.683. The van der Waals surface area contributed by atoms with Gasteiger partial charge in [0.15, 0.2) is 0 Å². The van der Waals surface area contributed by atoms with Gasteiger partial charge >= 0.3 is 0 Å². The zero-order valence-electron chi connectivity index (χ0n) is 15.1. The van der Waals surface area contributed by atoms with Crippen molar-refractivity contribution in [3.8, 4) is 0 Å².